The number of carboxylic acids is 1. The quantitative estimate of drug-likeness (QED) is 0.429. The Morgan fingerprint density at radius 1 is 1.36 bits per heavy atom. The van der Waals surface area contributed by atoms with E-state index in [0.29, 0.717) is 5.92 Å². The first kappa shape index (κ1) is 18.0. The molecule has 1 saturated carbocycles. The van der Waals surface area contributed by atoms with Gasteiger partial charge in [-0.2, -0.15) is 11.8 Å². The van der Waals surface area contributed by atoms with E-state index in [0.717, 1.165) is 62.4 Å². The van der Waals surface area contributed by atoms with Crippen LogP contribution in [-0.2, 0) is 4.79 Å². The summed E-state index contributed by atoms with van der Waals surface area (Å²) in [6, 6.07) is 6.76. The molecule has 136 valence electrons. The molecular weight excluding hydrogens is 340 g/mol. The van der Waals surface area contributed by atoms with E-state index in [-0.39, 0.29) is 10.6 Å². The Balaban J connectivity index is 1.41. The van der Waals surface area contributed by atoms with Gasteiger partial charge in [-0.05, 0) is 49.5 Å². The van der Waals surface area contributed by atoms with Gasteiger partial charge in [-0.1, -0.05) is 6.42 Å². The number of nitro benzene ring substituents is 1. The molecule has 0 radical (unpaired) electrons. The monoisotopic (exact) mass is 364 g/mol. The van der Waals surface area contributed by atoms with Crippen molar-refractivity contribution in [3.63, 3.8) is 0 Å². The maximum absolute atomic E-state index is 11.4. The number of non-ortho nitro benzene ring substituents is 1. The summed E-state index contributed by atoms with van der Waals surface area (Å²) in [6.07, 6.45) is 4.92. The summed E-state index contributed by atoms with van der Waals surface area (Å²) in [6.45, 7) is 1.95. The zero-order valence-corrected chi connectivity index (χ0v) is 15.0. The van der Waals surface area contributed by atoms with E-state index in [1.807, 2.05) is 12.1 Å². The van der Waals surface area contributed by atoms with Gasteiger partial charge in [0.1, 0.15) is 0 Å². The minimum Gasteiger partial charge on any atom is -0.481 e. The van der Waals surface area contributed by atoms with Crippen LogP contribution in [0, 0.1) is 21.4 Å². The van der Waals surface area contributed by atoms with Crippen LogP contribution in [-0.4, -0.2) is 40.6 Å². The van der Waals surface area contributed by atoms with Gasteiger partial charge in [0.05, 0.1) is 10.3 Å². The Morgan fingerprint density at radius 3 is 2.64 bits per heavy atom. The van der Waals surface area contributed by atoms with Crippen LogP contribution in [0.5, 0.6) is 0 Å². The fourth-order valence-corrected chi connectivity index (χ4v) is 5.08. The van der Waals surface area contributed by atoms with Gasteiger partial charge in [-0.15, -0.1) is 0 Å². The average molecular weight is 364 g/mol. The topological polar surface area (TPSA) is 83.7 Å². The highest BCUT2D eigenvalue weighted by Gasteiger charge is 2.44. The summed E-state index contributed by atoms with van der Waals surface area (Å²) in [4.78, 5) is 24.0. The van der Waals surface area contributed by atoms with E-state index in [1.54, 1.807) is 23.9 Å². The molecule has 1 aromatic carbocycles. The van der Waals surface area contributed by atoms with E-state index in [1.165, 1.54) is 0 Å². The second-order valence-corrected chi connectivity index (χ2v) is 8.26. The van der Waals surface area contributed by atoms with Crippen molar-refractivity contribution in [3.05, 3.63) is 34.4 Å². The number of thioether (sulfide) groups is 1. The van der Waals surface area contributed by atoms with Crippen LogP contribution in [0.1, 0.15) is 32.1 Å². The first-order valence-electron chi connectivity index (χ1n) is 8.81. The van der Waals surface area contributed by atoms with Gasteiger partial charge < -0.3 is 10.0 Å². The van der Waals surface area contributed by atoms with E-state index >= 15 is 0 Å². The predicted molar refractivity (Wildman–Crippen MR) is 99.3 cm³/mol. The zero-order valence-electron chi connectivity index (χ0n) is 14.2. The molecule has 1 atom stereocenters. The smallest absolute Gasteiger partial charge is 0.310 e. The Bertz CT molecular complexity index is 630. The first-order valence-corrected chi connectivity index (χ1v) is 9.96. The molecule has 0 amide bonds. The fraction of sp³-hybridized carbons (Fsp3) is 0.611. The van der Waals surface area contributed by atoms with Gasteiger partial charge in [-0.3, -0.25) is 14.9 Å². The molecule has 2 aliphatic rings. The molecule has 0 bridgehead atoms. The lowest BCUT2D eigenvalue weighted by Gasteiger charge is -2.37. The molecule has 1 aromatic rings. The van der Waals surface area contributed by atoms with Crippen molar-refractivity contribution in [2.45, 2.75) is 32.1 Å². The lowest BCUT2D eigenvalue weighted by molar-refractivity contribution is -0.384. The van der Waals surface area contributed by atoms with Crippen molar-refractivity contribution in [1.82, 2.24) is 0 Å². The van der Waals surface area contributed by atoms with Crippen molar-refractivity contribution in [3.8, 4) is 0 Å². The lowest BCUT2D eigenvalue weighted by Crippen LogP contribution is -2.40. The number of carboxylic acid groups (broad SMARTS) is 1. The molecule has 1 unspecified atom stereocenters. The van der Waals surface area contributed by atoms with Crippen molar-refractivity contribution in [1.29, 1.82) is 0 Å². The van der Waals surface area contributed by atoms with Crippen molar-refractivity contribution in [2.24, 2.45) is 11.3 Å². The standard InChI is InChI=1S/C18H24N2O4S/c21-17(22)18(8-1-9-18)13-25-11-7-14-6-10-19(12-14)15-2-4-16(5-3-15)20(23)24/h2-5,14H,1,6-13H2,(H,21,22). The van der Waals surface area contributed by atoms with Gasteiger partial charge in [0.15, 0.2) is 0 Å². The van der Waals surface area contributed by atoms with E-state index in [9.17, 15) is 20.0 Å². The van der Waals surface area contributed by atoms with E-state index in [2.05, 4.69) is 4.90 Å². The molecule has 6 nitrogen and oxygen atoms in total. The summed E-state index contributed by atoms with van der Waals surface area (Å²) in [5.74, 6) is 1.73. The first-order chi connectivity index (χ1) is 12.0. The number of aliphatic carboxylic acids is 1. The van der Waals surface area contributed by atoms with Crippen LogP contribution in [0.2, 0.25) is 0 Å². The highest BCUT2D eigenvalue weighted by atomic mass is 32.2. The second-order valence-electron chi connectivity index (χ2n) is 7.15. The number of nitro groups is 1. The van der Waals surface area contributed by atoms with Crippen LogP contribution < -0.4 is 4.90 Å². The maximum atomic E-state index is 11.4. The molecule has 0 spiro atoms. The molecule has 1 aliphatic heterocycles. The van der Waals surface area contributed by atoms with Gasteiger partial charge in [-0.25, -0.2) is 0 Å². The summed E-state index contributed by atoms with van der Waals surface area (Å²) in [5.41, 5.74) is 0.713. The average Bonchev–Trinajstić information content (AvgIpc) is 3.02. The Kier molecular flexibility index (Phi) is 5.51. The number of benzene rings is 1. The predicted octanol–water partition coefficient (Wildman–Crippen LogP) is 3.80. The molecule has 1 saturated heterocycles. The number of anilines is 1. The van der Waals surface area contributed by atoms with Gasteiger partial charge >= 0.3 is 5.97 Å². The molecule has 1 N–H and O–H groups in total. The largest absolute Gasteiger partial charge is 0.481 e. The molecule has 25 heavy (non-hydrogen) atoms. The normalized spacial score (nSPS) is 21.8. The SMILES string of the molecule is O=C(O)C1(CSCCC2CCN(c3ccc([N+](=O)[O-])cc3)C2)CCC1. The van der Waals surface area contributed by atoms with Crippen LogP contribution >= 0.6 is 11.8 Å². The van der Waals surface area contributed by atoms with E-state index < -0.39 is 11.4 Å². The number of hydrogen-bond donors (Lipinski definition) is 1. The molecule has 0 aromatic heterocycles. The molecule has 1 heterocycles. The highest BCUT2D eigenvalue weighted by molar-refractivity contribution is 7.99. The summed E-state index contributed by atoms with van der Waals surface area (Å²) < 4.78 is 0. The third-order valence-corrected chi connectivity index (χ3v) is 6.81. The third-order valence-electron chi connectivity index (χ3n) is 5.52. The van der Waals surface area contributed by atoms with Crippen LogP contribution in [0.4, 0.5) is 11.4 Å². The molecule has 7 heteroatoms. The second kappa shape index (κ2) is 7.64. The molecular formula is C18H24N2O4S. The summed E-state index contributed by atoms with van der Waals surface area (Å²) in [5, 5.41) is 20.1. The molecule has 3 rings (SSSR count). The zero-order chi connectivity index (χ0) is 17.9. The van der Waals surface area contributed by atoms with Gasteiger partial charge in [0.2, 0.25) is 0 Å². The van der Waals surface area contributed by atoms with Gasteiger partial charge in [0.25, 0.3) is 5.69 Å². The number of carbonyl (C=O) groups is 1. The van der Waals surface area contributed by atoms with Crippen molar-refractivity contribution < 1.29 is 14.8 Å². The minimum atomic E-state index is -0.628. The van der Waals surface area contributed by atoms with Crippen molar-refractivity contribution >= 4 is 29.1 Å². The lowest BCUT2D eigenvalue weighted by atomic mass is 9.70. The molecule has 1 aliphatic carbocycles. The summed E-state index contributed by atoms with van der Waals surface area (Å²) >= 11 is 1.78. The van der Waals surface area contributed by atoms with E-state index in [4.69, 9.17) is 0 Å². The fourth-order valence-electron chi connectivity index (χ4n) is 3.63. The van der Waals surface area contributed by atoms with Crippen LogP contribution in [0.3, 0.4) is 0 Å². The van der Waals surface area contributed by atoms with Crippen LogP contribution in [0.25, 0.3) is 0 Å². The Hall–Kier alpha value is -1.76. The third kappa shape index (κ3) is 4.08. The Morgan fingerprint density at radius 2 is 2.08 bits per heavy atom. The molecule has 2 fully saturated rings. The minimum absolute atomic E-state index is 0.124. The summed E-state index contributed by atoms with van der Waals surface area (Å²) in [7, 11) is 0. The number of hydrogen-bond acceptors (Lipinski definition) is 5. The number of rotatable bonds is 8. The van der Waals surface area contributed by atoms with Gasteiger partial charge in [0, 0.05) is 36.7 Å². The highest BCUT2D eigenvalue weighted by Crippen LogP contribution is 2.44. The van der Waals surface area contributed by atoms with Crippen molar-refractivity contribution in [2.75, 3.05) is 29.5 Å². The van der Waals surface area contributed by atoms with Crippen LogP contribution in [0.15, 0.2) is 24.3 Å². The maximum Gasteiger partial charge on any atom is 0.310 e. The number of nitrogens with zero attached hydrogens (tertiary/aromatic N) is 2. The Labute approximate surface area is 151 Å².